The van der Waals surface area contributed by atoms with Gasteiger partial charge in [-0.2, -0.15) is 0 Å². The van der Waals surface area contributed by atoms with Crippen LogP contribution in [0.15, 0.2) is 0 Å². The number of likely N-dealkylation sites (tertiary alicyclic amines) is 1. The van der Waals surface area contributed by atoms with Gasteiger partial charge in [0.25, 0.3) is 0 Å². The van der Waals surface area contributed by atoms with Crippen molar-refractivity contribution in [1.82, 2.24) is 15.5 Å². The minimum absolute atomic E-state index is 0.0605. The van der Waals surface area contributed by atoms with Crippen molar-refractivity contribution in [2.24, 2.45) is 5.92 Å². The average Bonchev–Trinajstić information content (AvgIpc) is 2.84. The molecule has 2 unspecified atom stereocenters. The molecule has 1 amide bonds. The molecule has 2 atom stereocenters. The predicted molar refractivity (Wildman–Crippen MR) is 78.3 cm³/mol. The molecule has 0 radical (unpaired) electrons. The number of nitrogens with zero attached hydrogens (tertiary/aromatic N) is 1. The van der Waals surface area contributed by atoms with Crippen molar-refractivity contribution in [2.75, 3.05) is 44.7 Å². The summed E-state index contributed by atoms with van der Waals surface area (Å²) in [4.78, 5) is 14.2. The molecule has 0 aromatic rings. The Bertz CT molecular complexity index is 465. The minimum atomic E-state index is -2.98. The summed E-state index contributed by atoms with van der Waals surface area (Å²) < 4.78 is 23.0. The summed E-state index contributed by atoms with van der Waals surface area (Å²) in [5.41, 5.74) is -0.583. The van der Waals surface area contributed by atoms with E-state index < -0.39 is 15.4 Å². The van der Waals surface area contributed by atoms with E-state index in [4.69, 9.17) is 0 Å². The fraction of sp³-hybridized carbons (Fsp3) is 0.923. The third-order valence-electron chi connectivity index (χ3n) is 4.17. The quantitative estimate of drug-likeness (QED) is 0.697. The van der Waals surface area contributed by atoms with Gasteiger partial charge in [0.05, 0.1) is 23.6 Å². The van der Waals surface area contributed by atoms with Gasteiger partial charge in [-0.25, -0.2) is 8.42 Å². The van der Waals surface area contributed by atoms with Crippen LogP contribution in [0.1, 0.15) is 19.8 Å². The first-order valence-electron chi connectivity index (χ1n) is 7.20. The molecule has 0 aliphatic carbocycles. The molecule has 2 aliphatic heterocycles. The Morgan fingerprint density at radius 1 is 1.45 bits per heavy atom. The Kier molecular flexibility index (Phi) is 4.71. The van der Waals surface area contributed by atoms with Crippen LogP contribution in [-0.4, -0.2) is 69.5 Å². The normalized spacial score (nSPS) is 33.4. The summed E-state index contributed by atoms with van der Waals surface area (Å²) in [5, 5.41) is 6.07. The lowest BCUT2D eigenvalue weighted by atomic mass is 10.0. The topological polar surface area (TPSA) is 78.5 Å². The SMILES string of the molecule is CNCC1CCN(CC(=O)NC2(C)CCS(=O)(=O)C2)C1. The molecule has 0 aromatic carbocycles. The van der Waals surface area contributed by atoms with Crippen molar-refractivity contribution >= 4 is 15.7 Å². The van der Waals surface area contributed by atoms with Crippen LogP contribution < -0.4 is 10.6 Å². The predicted octanol–water partition coefficient (Wildman–Crippen LogP) is -0.779. The highest BCUT2D eigenvalue weighted by Crippen LogP contribution is 2.23. The molecule has 2 heterocycles. The molecule has 2 saturated heterocycles. The highest BCUT2D eigenvalue weighted by atomic mass is 32.2. The number of hydrogen-bond donors (Lipinski definition) is 2. The van der Waals surface area contributed by atoms with Crippen molar-refractivity contribution < 1.29 is 13.2 Å². The molecule has 6 nitrogen and oxygen atoms in total. The molecule has 0 saturated carbocycles. The van der Waals surface area contributed by atoms with Gasteiger partial charge >= 0.3 is 0 Å². The fourth-order valence-corrected chi connectivity index (χ4v) is 5.29. The van der Waals surface area contributed by atoms with Gasteiger partial charge in [-0.1, -0.05) is 0 Å². The number of rotatable bonds is 5. The zero-order valence-electron chi connectivity index (χ0n) is 12.3. The Morgan fingerprint density at radius 2 is 2.20 bits per heavy atom. The van der Waals surface area contributed by atoms with Crippen LogP contribution in [0.25, 0.3) is 0 Å². The van der Waals surface area contributed by atoms with Crippen LogP contribution in [0.3, 0.4) is 0 Å². The monoisotopic (exact) mass is 303 g/mol. The van der Waals surface area contributed by atoms with Crippen LogP contribution >= 0.6 is 0 Å². The molecule has 7 heteroatoms. The summed E-state index contributed by atoms with van der Waals surface area (Å²) in [6, 6.07) is 0. The minimum Gasteiger partial charge on any atom is -0.349 e. The maximum Gasteiger partial charge on any atom is 0.234 e. The Balaban J connectivity index is 1.79. The molecular weight excluding hydrogens is 278 g/mol. The van der Waals surface area contributed by atoms with Crippen LogP contribution in [-0.2, 0) is 14.6 Å². The number of carbonyl (C=O) groups is 1. The molecule has 20 heavy (non-hydrogen) atoms. The molecule has 2 rings (SSSR count). The summed E-state index contributed by atoms with van der Waals surface area (Å²) in [6.07, 6.45) is 1.63. The first-order chi connectivity index (χ1) is 9.32. The molecule has 0 spiro atoms. The second-order valence-corrected chi connectivity index (χ2v) is 8.58. The van der Waals surface area contributed by atoms with E-state index in [-0.39, 0.29) is 17.4 Å². The number of nitrogens with one attached hydrogen (secondary N) is 2. The van der Waals surface area contributed by atoms with E-state index in [2.05, 4.69) is 15.5 Å². The Morgan fingerprint density at radius 3 is 2.80 bits per heavy atom. The second-order valence-electron chi connectivity index (χ2n) is 6.40. The van der Waals surface area contributed by atoms with Crippen molar-refractivity contribution in [3.8, 4) is 0 Å². The van der Waals surface area contributed by atoms with Crippen molar-refractivity contribution in [3.05, 3.63) is 0 Å². The first-order valence-corrected chi connectivity index (χ1v) is 9.02. The zero-order chi connectivity index (χ0) is 14.8. The zero-order valence-corrected chi connectivity index (χ0v) is 13.1. The number of amides is 1. The van der Waals surface area contributed by atoms with Crippen molar-refractivity contribution in [1.29, 1.82) is 0 Å². The highest BCUT2D eigenvalue weighted by Gasteiger charge is 2.39. The summed E-state index contributed by atoms with van der Waals surface area (Å²) in [7, 11) is -1.04. The maximum atomic E-state index is 12.1. The molecule has 2 fully saturated rings. The second kappa shape index (κ2) is 5.99. The lowest BCUT2D eigenvalue weighted by molar-refractivity contribution is -0.123. The summed E-state index contributed by atoms with van der Waals surface area (Å²) in [6.45, 7) is 5.05. The van der Waals surface area contributed by atoms with Gasteiger partial charge in [0.15, 0.2) is 9.84 Å². The standard InChI is InChI=1S/C13H25N3O3S/c1-13(4-6-20(18,19)10-13)15-12(17)9-16-5-3-11(8-16)7-14-2/h11,14H,3-10H2,1-2H3,(H,15,17). The average molecular weight is 303 g/mol. The van der Waals surface area contributed by atoms with E-state index in [0.29, 0.717) is 18.9 Å². The van der Waals surface area contributed by atoms with Crippen LogP contribution in [0.5, 0.6) is 0 Å². The lowest BCUT2D eigenvalue weighted by Gasteiger charge is -2.25. The molecule has 0 bridgehead atoms. The van der Waals surface area contributed by atoms with Gasteiger partial charge in [0.2, 0.25) is 5.91 Å². The van der Waals surface area contributed by atoms with Crippen LogP contribution in [0.4, 0.5) is 0 Å². The van der Waals surface area contributed by atoms with E-state index >= 15 is 0 Å². The van der Waals surface area contributed by atoms with E-state index in [9.17, 15) is 13.2 Å². The fourth-order valence-electron chi connectivity index (χ4n) is 3.20. The van der Waals surface area contributed by atoms with Crippen molar-refractivity contribution in [3.63, 3.8) is 0 Å². The number of hydrogen-bond acceptors (Lipinski definition) is 5. The Labute approximate surface area is 121 Å². The lowest BCUT2D eigenvalue weighted by Crippen LogP contribution is -2.50. The van der Waals surface area contributed by atoms with Gasteiger partial charge < -0.3 is 10.6 Å². The largest absolute Gasteiger partial charge is 0.349 e. The van der Waals surface area contributed by atoms with Gasteiger partial charge in [0, 0.05) is 6.54 Å². The van der Waals surface area contributed by atoms with E-state index in [1.54, 1.807) is 0 Å². The van der Waals surface area contributed by atoms with Gasteiger partial charge in [-0.05, 0) is 45.8 Å². The van der Waals surface area contributed by atoms with E-state index in [1.165, 1.54) is 0 Å². The van der Waals surface area contributed by atoms with Gasteiger partial charge in [0.1, 0.15) is 0 Å². The molecular formula is C13H25N3O3S. The molecule has 0 aromatic heterocycles. The Hall–Kier alpha value is -0.660. The van der Waals surface area contributed by atoms with E-state index in [1.807, 2.05) is 14.0 Å². The number of carbonyl (C=O) groups excluding carboxylic acids is 1. The van der Waals surface area contributed by atoms with Gasteiger partial charge in [-0.3, -0.25) is 9.69 Å². The third-order valence-corrected chi connectivity index (χ3v) is 6.08. The number of sulfone groups is 1. The van der Waals surface area contributed by atoms with E-state index in [0.717, 1.165) is 26.1 Å². The smallest absolute Gasteiger partial charge is 0.234 e. The molecule has 2 aliphatic rings. The van der Waals surface area contributed by atoms with Crippen molar-refractivity contribution in [2.45, 2.75) is 25.3 Å². The molecule has 2 N–H and O–H groups in total. The highest BCUT2D eigenvalue weighted by molar-refractivity contribution is 7.91. The van der Waals surface area contributed by atoms with Crippen LogP contribution in [0.2, 0.25) is 0 Å². The summed E-state index contributed by atoms with van der Waals surface area (Å²) in [5.74, 6) is 0.788. The van der Waals surface area contributed by atoms with Crippen LogP contribution in [0, 0.1) is 5.92 Å². The summed E-state index contributed by atoms with van der Waals surface area (Å²) >= 11 is 0. The van der Waals surface area contributed by atoms with Gasteiger partial charge in [-0.15, -0.1) is 0 Å². The maximum absolute atomic E-state index is 12.1. The third kappa shape index (κ3) is 4.17. The molecule has 116 valence electrons. The first kappa shape index (κ1) is 15.7.